The molecule has 1 amide bonds. The van der Waals surface area contributed by atoms with Crippen LogP contribution in [0.4, 0.5) is 9.59 Å². The van der Waals surface area contributed by atoms with E-state index in [1.807, 2.05) is 0 Å². The van der Waals surface area contributed by atoms with Crippen LogP contribution in [0.1, 0.15) is 47.1 Å². The minimum atomic E-state index is -0.753. The van der Waals surface area contributed by atoms with E-state index in [1.54, 1.807) is 65.8 Å². The Morgan fingerprint density at radius 1 is 0.913 bits per heavy atom. The lowest BCUT2D eigenvalue weighted by molar-refractivity contribution is 0.0206. The number of ether oxygens (including phenoxy) is 3. The van der Waals surface area contributed by atoms with Gasteiger partial charge in [-0.3, -0.25) is 0 Å². The molecule has 0 atom stereocenters. The maximum absolute atomic E-state index is 11.6. The van der Waals surface area contributed by atoms with Gasteiger partial charge in [0.05, 0.1) is 0 Å². The summed E-state index contributed by atoms with van der Waals surface area (Å²) in [6, 6.07) is 6.76. The molecule has 0 fully saturated rings. The molecule has 0 unspecified atom stereocenters. The van der Waals surface area contributed by atoms with E-state index in [0.717, 1.165) is 5.56 Å². The van der Waals surface area contributed by atoms with Gasteiger partial charge in [-0.1, -0.05) is 12.1 Å². The number of rotatable bonds is 3. The molecule has 23 heavy (non-hydrogen) atoms. The number of benzene rings is 1. The van der Waals surface area contributed by atoms with Crippen LogP contribution in [0.5, 0.6) is 5.75 Å². The Hall–Kier alpha value is -2.24. The van der Waals surface area contributed by atoms with Gasteiger partial charge in [-0.2, -0.15) is 0 Å². The molecule has 128 valence electrons. The summed E-state index contributed by atoms with van der Waals surface area (Å²) in [7, 11) is 0. The van der Waals surface area contributed by atoms with E-state index >= 15 is 0 Å². The van der Waals surface area contributed by atoms with Crippen LogP contribution in [0.3, 0.4) is 0 Å². The van der Waals surface area contributed by atoms with E-state index in [0.29, 0.717) is 12.3 Å². The zero-order chi connectivity index (χ0) is 17.7. The second-order valence-electron chi connectivity index (χ2n) is 7.07. The van der Waals surface area contributed by atoms with Crippen molar-refractivity contribution in [3.05, 3.63) is 29.8 Å². The molecule has 1 aromatic rings. The van der Waals surface area contributed by atoms with Crippen LogP contribution in [0.15, 0.2) is 24.3 Å². The highest BCUT2D eigenvalue weighted by atomic mass is 16.7. The number of nitrogens with one attached hydrogen (secondary N) is 1. The molecule has 0 saturated carbocycles. The topological polar surface area (TPSA) is 73.9 Å². The van der Waals surface area contributed by atoms with Crippen molar-refractivity contribution in [3.8, 4) is 5.75 Å². The third-order valence-corrected chi connectivity index (χ3v) is 2.35. The highest BCUT2D eigenvalue weighted by Crippen LogP contribution is 2.15. The first-order valence-electron chi connectivity index (χ1n) is 7.41. The summed E-state index contributed by atoms with van der Waals surface area (Å²) in [6.45, 7) is 11.0. The van der Waals surface area contributed by atoms with Gasteiger partial charge in [0.1, 0.15) is 17.0 Å². The van der Waals surface area contributed by atoms with Crippen molar-refractivity contribution in [2.75, 3.05) is 0 Å². The summed E-state index contributed by atoms with van der Waals surface area (Å²) in [4.78, 5) is 23.1. The maximum Gasteiger partial charge on any atom is 0.514 e. The van der Waals surface area contributed by atoms with Gasteiger partial charge in [-0.05, 0) is 59.2 Å². The predicted molar refractivity (Wildman–Crippen MR) is 86.4 cm³/mol. The Labute approximate surface area is 137 Å². The lowest BCUT2D eigenvalue weighted by atomic mass is 10.2. The molecule has 0 heterocycles. The van der Waals surface area contributed by atoms with Gasteiger partial charge in [-0.25, -0.2) is 9.59 Å². The molecule has 0 aliphatic rings. The second kappa shape index (κ2) is 7.35. The molecule has 0 aliphatic heterocycles. The summed E-state index contributed by atoms with van der Waals surface area (Å²) < 4.78 is 15.3. The normalized spacial score (nSPS) is 11.6. The number of alkyl carbamates (subject to hydrolysis) is 1. The van der Waals surface area contributed by atoms with Gasteiger partial charge in [0.15, 0.2) is 0 Å². The van der Waals surface area contributed by atoms with Crippen LogP contribution >= 0.6 is 0 Å². The Kier molecular flexibility index (Phi) is 6.01. The summed E-state index contributed by atoms with van der Waals surface area (Å²) in [5.74, 6) is 0.375. The standard InChI is InChI=1S/C17H25NO5/c1-16(2,3)22-14(19)18-11-12-7-9-13(10-8-12)21-15(20)23-17(4,5)6/h7-10H,11H2,1-6H3,(H,18,19). The van der Waals surface area contributed by atoms with Gasteiger partial charge >= 0.3 is 12.2 Å². The molecular weight excluding hydrogens is 298 g/mol. The average Bonchev–Trinajstić information content (AvgIpc) is 2.33. The Balaban J connectivity index is 2.48. The van der Waals surface area contributed by atoms with Crippen LogP contribution in [-0.2, 0) is 16.0 Å². The quantitative estimate of drug-likeness (QED) is 0.671. The molecule has 0 aromatic heterocycles. The molecule has 0 aliphatic carbocycles. The minimum absolute atomic E-state index is 0.321. The molecule has 0 saturated heterocycles. The van der Waals surface area contributed by atoms with E-state index in [1.165, 1.54) is 0 Å². The fourth-order valence-corrected chi connectivity index (χ4v) is 1.53. The van der Waals surface area contributed by atoms with E-state index in [4.69, 9.17) is 14.2 Å². The molecule has 1 rings (SSSR count). The number of carbonyl (C=O) groups is 2. The molecule has 6 heteroatoms. The van der Waals surface area contributed by atoms with Crippen LogP contribution in [-0.4, -0.2) is 23.5 Å². The summed E-state index contributed by atoms with van der Waals surface area (Å²) in [5, 5.41) is 2.65. The highest BCUT2D eigenvalue weighted by Gasteiger charge is 2.18. The number of hydrogen-bond donors (Lipinski definition) is 1. The molecular formula is C17H25NO5. The third kappa shape index (κ3) is 8.70. The zero-order valence-electron chi connectivity index (χ0n) is 14.6. The number of hydrogen-bond acceptors (Lipinski definition) is 5. The van der Waals surface area contributed by atoms with E-state index in [9.17, 15) is 9.59 Å². The molecule has 6 nitrogen and oxygen atoms in total. The first kappa shape index (κ1) is 18.8. The zero-order valence-corrected chi connectivity index (χ0v) is 14.6. The van der Waals surface area contributed by atoms with Gasteiger partial charge in [0.25, 0.3) is 0 Å². The van der Waals surface area contributed by atoms with Crippen LogP contribution in [0.2, 0.25) is 0 Å². The molecule has 1 aromatic carbocycles. The van der Waals surface area contributed by atoms with Crippen molar-refractivity contribution >= 4 is 12.2 Å². The Morgan fingerprint density at radius 2 is 1.43 bits per heavy atom. The van der Waals surface area contributed by atoms with Crippen molar-refractivity contribution in [1.82, 2.24) is 5.32 Å². The lowest BCUT2D eigenvalue weighted by Gasteiger charge is -2.19. The van der Waals surface area contributed by atoms with Gasteiger partial charge < -0.3 is 19.5 Å². The molecule has 1 N–H and O–H groups in total. The van der Waals surface area contributed by atoms with E-state index in [-0.39, 0.29) is 0 Å². The fourth-order valence-electron chi connectivity index (χ4n) is 1.53. The Morgan fingerprint density at radius 3 is 1.91 bits per heavy atom. The van der Waals surface area contributed by atoms with Gasteiger partial charge in [-0.15, -0.1) is 0 Å². The first-order valence-corrected chi connectivity index (χ1v) is 7.41. The lowest BCUT2D eigenvalue weighted by Crippen LogP contribution is -2.32. The highest BCUT2D eigenvalue weighted by molar-refractivity contribution is 5.67. The Bertz CT molecular complexity index is 538. The fraction of sp³-hybridized carbons (Fsp3) is 0.529. The third-order valence-electron chi connectivity index (χ3n) is 2.35. The van der Waals surface area contributed by atoms with E-state index in [2.05, 4.69) is 5.32 Å². The molecule has 0 radical (unpaired) electrons. The first-order chi connectivity index (χ1) is 10.4. The smallest absolute Gasteiger partial charge is 0.444 e. The maximum atomic E-state index is 11.6. The summed E-state index contributed by atoms with van der Waals surface area (Å²) in [5.41, 5.74) is -0.281. The SMILES string of the molecule is CC(C)(C)OC(=O)NCc1ccc(OC(=O)OC(C)(C)C)cc1. The number of amides is 1. The van der Waals surface area contributed by atoms with Crippen LogP contribution in [0, 0.1) is 0 Å². The van der Waals surface area contributed by atoms with Crippen molar-refractivity contribution < 1.29 is 23.8 Å². The largest absolute Gasteiger partial charge is 0.514 e. The monoisotopic (exact) mass is 323 g/mol. The summed E-state index contributed by atoms with van der Waals surface area (Å²) >= 11 is 0. The van der Waals surface area contributed by atoms with Crippen molar-refractivity contribution in [3.63, 3.8) is 0 Å². The van der Waals surface area contributed by atoms with Crippen molar-refractivity contribution in [2.45, 2.75) is 59.3 Å². The average molecular weight is 323 g/mol. The van der Waals surface area contributed by atoms with Gasteiger partial charge in [0.2, 0.25) is 0 Å². The van der Waals surface area contributed by atoms with Gasteiger partial charge in [0, 0.05) is 6.54 Å². The van der Waals surface area contributed by atoms with Crippen LogP contribution < -0.4 is 10.1 Å². The summed E-state index contributed by atoms with van der Waals surface area (Å²) in [6.07, 6.45) is -1.23. The van der Waals surface area contributed by atoms with Crippen molar-refractivity contribution in [1.29, 1.82) is 0 Å². The minimum Gasteiger partial charge on any atom is -0.444 e. The van der Waals surface area contributed by atoms with Crippen LogP contribution in [0.25, 0.3) is 0 Å². The second-order valence-corrected chi connectivity index (χ2v) is 7.07. The predicted octanol–water partition coefficient (Wildman–Crippen LogP) is 4.03. The molecule has 0 bridgehead atoms. The van der Waals surface area contributed by atoms with Crippen molar-refractivity contribution in [2.24, 2.45) is 0 Å². The molecule has 0 spiro atoms. The number of carbonyl (C=O) groups excluding carboxylic acids is 2. The van der Waals surface area contributed by atoms with E-state index < -0.39 is 23.5 Å².